The fourth-order valence-corrected chi connectivity index (χ4v) is 4.23. The van der Waals surface area contributed by atoms with E-state index in [9.17, 15) is 39.2 Å². The number of piperazine rings is 1. The topological polar surface area (TPSA) is 53.5 Å². The largest absolute Gasteiger partial charge is 0.364 e. The van der Waals surface area contributed by atoms with Gasteiger partial charge in [-0.2, -0.15) is 26.9 Å². The fourth-order valence-electron chi connectivity index (χ4n) is 2.75. The molecule has 13 heteroatoms. The second-order valence-electron chi connectivity index (χ2n) is 5.73. The first kappa shape index (κ1) is 20.3. The second kappa shape index (κ2) is 7.20. The van der Waals surface area contributed by atoms with Gasteiger partial charge in [0.25, 0.3) is 11.9 Å². The summed E-state index contributed by atoms with van der Waals surface area (Å²) in [4.78, 5) is 2.16. The molecule has 2 heterocycles. The number of pyridine rings is 1. The summed E-state index contributed by atoms with van der Waals surface area (Å²) < 4.78 is 120. The molecular formula is C15H10F7N3O2S. The predicted octanol–water partition coefficient (Wildman–Crippen LogP) is 2.57. The lowest BCUT2D eigenvalue weighted by Gasteiger charge is -2.35. The Morgan fingerprint density at radius 3 is 1.82 bits per heavy atom. The van der Waals surface area contributed by atoms with Crippen molar-refractivity contribution in [3.05, 3.63) is 53.1 Å². The maximum absolute atomic E-state index is 13.8. The highest BCUT2D eigenvalue weighted by molar-refractivity contribution is 7.89. The third-order valence-electron chi connectivity index (χ3n) is 4.15. The molecule has 0 saturated carbocycles. The third kappa shape index (κ3) is 3.28. The zero-order chi connectivity index (χ0) is 20.8. The molecule has 0 amide bonds. The molecule has 1 aromatic heterocycles. The summed E-state index contributed by atoms with van der Waals surface area (Å²) >= 11 is 0. The predicted molar refractivity (Wildman–Crippen MR) is 81.4 cm³/mol. The number of benzene rings is 1. The maximum Gasteiger partial charge on any atom is 0.253 e. The van der Waals surface area contributed by atoms with Crippen molar-refractivity contribution in [3.8, 4) is 0 Å². The van der Waals surface area contributed by atoms with Gasteiger partial charge in [0.1, 0.15) is 10.6 Å². The molecule has 0 bridgehead atoms. The zero-order valence-electron chi connectivity index (χ0n) is 13.7. The lowest BCUT2D eigenvalue weighted by molar-refractivity contribution is 0.365. The van der Waals surface area contributed by atoms with Gasteiger partial charge in [-0.05, 0) is 12.1 Å². The monoisotopic (exact) mass is 429 g/mol. The molecule has 0 spiro atoms. The lowest BCUT2D eigenvalue weighted by atomic mass is 10.2. The highest BCUT2D eigenvalue weighted by Gasteiger charge is 2.34. The van der Waals surface area contributed by atoms with Gasteiger partial charge in [-0.25, -0.2) is 21.6 Å². The van der Waals surface area contributed by atoms with Gasteiger partial charge in [0, 0.05) is 26.2 Å². The van der Waals surface area contributed by atoms with Crippen LogP contribution in [-0.2, 0) is 10.0 Å². The summed E-state index contributed by atoms with van der Waals surface area (Å²) in [6.45, 7) is -1.76. The molecule has 28 heavy (non-hydrogen) atoms. The molecule has 1 aliphatic heterocycles. The van der Waals surface area contributed by atoms with Gasteiger partial charge < -0.3 is 4.90 Å². The number of rotatable bonds is 3. The van der Waals surface area contributed by atoms with Crippen LogP contribution in [0.1, 0.15) is 0 Å². The molecule has 0 radical (unpaired) electrons. The van der Waals surface area contributed by atoms with Crippen LogP contribution in [-0.4, -0.2) is 43.9 Å². The number of sulfonamides is 1. The van der Waals surface area contributed by atoms with E-state index < -0.39 is 87.8 Å². The van der Waals surface area contributed by atoms with Crippen molar-refractivity contribution in [1.82, 2.24) is 9.29 Å². The highest BCUT2D eigenvalue weighted by atomic mass is 32.2. The average Bonchev–Trinajstić information content (AvgIpc) is 2.65. The lowest BCUT2D eigenvalue weighted by Crippen LogP contribution is -2.49. The molecule has 0 aliphatic carbocycles. The second-order valence-corrected chi connectivity index (χ2v) is 7.64. The Morgan fingerprint density at radius 1 is 0.750 bits per heavy atom. The van der Waals surface area contributed by atoms with Crippen LogP contribution in [0.3, 0.4) is 0 Å². The van der Waals surface area contributed by atoms with E-state index in [1.54, 1.807) is 0 Å². The van der Waals surface area contributed by atoms with Crippen LogP contribution in [0.25, 0.3) is 0 Å². The fraction of sp³-hybridized carbons (Fsp3) is 0.267. The van der Waals surface area contributed by atoms with Gasteiger partial charge in [0.05, 0.1) is 0 Å². The molecule has 0 unspecified atom stereocenters. The maximum atomic E-state index is 13.8. The average molecular weight is 429 g/mol. The SMILES string of the molecule is O=S(=O)(c1ccc(F)c(F)c1F)N1CCN(c2c(F)c(F)nc(F)c2F)CC1. The van der Waals surface area contributed by atoms with E-state index in [0.29, 0.717) is 16.4 Å². The minimum Gasteiger partial charge on any atom is -0.364 e. The molecule has 3 rings (SSSR count). The number of aromatic nitrogens is 1. The van der Waals surface area contributed by atoms with Crippen molar-refractivity contribution in [1.29, 1.82) is 0 Å². The smallest absolute Gasteiger partial charge is 0.253 e. The Hall–Kier alpha value is -2.41. The van der Waals surface area contributed by atoms with Crippen molar-refractivity contribution in [2.45, 2.75) is 4.90 Å². The molecule has 152 valence electrons. The number of anilines is 1. The summed E-state index contributed by atoms with van der Waals surface area (Å²) in [5.41, 5.74) is -1.05. The highest BCUT2D eigenvalue weighted by Crippen LogP contribution is 2.29. The summed E-state index contributed by atoms with van der Waals surface area (Å²) in [7, 11) is -4.60. The first-order valence-electron chi connectivity index (χ1n) is 7.64. The summed E-state index contributed by atoms with van der Waals surface area (Å²) in [6.07, 6.45) is 0. The van der Waals surface area contributed by atoms with E-state index in [1.165, 1.54) is 0 Å². The van der Waals surface area contributed by atoms with Crippen LogP contribution in [0.2, 0.25) is 0 Å². The van der Waals surface area contributed by atoms with Crippen LogP contribution in [0.4, 0.5) is 36.4 Å². The molecule has 1 aliphatic rings. The van der Waals surface area contributed by atoms with Gasteiger partial charge in [-0.3, -0.25) is 0 Å². The standard InChI is InChI=1S/C15H10F7N3O2S/c16-7-1-2-8(10(18)9(7)17)28(26,27)25-5-3-24(4-6-25)13-11(19)14(21)23-15(22)12(13)20/h1-2H,3-6H2. The normalized spacial score (nSPS) is 15.9. The van der Waals surface area contributed by atoms with Crippen molar-refractivity contribution in [3.63, 3.8) is 0 Å². The number of halogens is 7. The quantitative estimate of drug-likeness (QED) is 0.428. The van der Waals surface area contributed by atoms with Gasteiger partial charge in [0.15, 0.2) is 17.5 Å². The molecular weight excluding hydrogens is 419 g/mol. The van der Waals surface area contributed by atoms with Crippen molar-refractivity contribution in [2.75, 3.05) is 31.1 Å². The van der Waals surface area contributed by atoms with Gasteiger partial charge >= 0.3 is 0 Å². The zero-order valence-corrected chi connectivity index (χ0v) is 14.5. The number of nitrogens with zero attached hydrogens (tertiary/aromatic N) is 3. The molecule has 0 N–H and O–H groups in total. The summed E-state index contributed by atoms with van der Waals surface area (Å²) in [5, 5.41) is 0. The molecule has 0 atom stereocenters. The summed E-state index contributed by atoms with van der Waals surface area (Å²) in [5.74, 6) is -12.7. The summed E-state index contributed by atoms with van der Waals surface area (Å²) in [6, 6.07) is 0.983. The Labute approximate surface area is 154 Å². The first-order valence-corrected chi connectivity index (χ1v) is 9.08. The van der Waals surface area contributed by atoms with Gasteiger partial charge in [-0.1, -0.05) is 0 Å². The first-order chi connectivity index (χ1) is 13.1. The van der Waals surface area contributed by atoms with Crippen molar-refractivity contribution < 1.29 is 39.2 Å². The van der Waals surface area contributed by atoms with E-state index in [-0.39, 0.29) is 0 Å². The van der Waals surface area contributed by atoms with Crippen LogP contribution >= 0.6 is 0 Å². The number of hydrogen-bond acceptors (Lipinski definition) is 4. The Kier molecular flexibility index (Phi) is 5.23. The van der Waals surface area contributed by atoms with E-state index in [1.807, 2.05) is 0 Å². The van der Waals surface area contributed by atoms with E-state index >= 15 is 0 Å². The molecule has 2 aromatic rings. The van der Waals surface area contributed by atoms with Crippen molar-refractivity contribution in [2.24, 2.45) is 0 Å². The van der Waals surface area contributed by atoms with E-state index in [0.717, 1.165) is 4.90 Å². The van der Waals surface area contributed by atoms with Crippen LogP contribution < -0.4 is 4.90 Å². The Morgan fingerprint density at radius 2 is 1.29 bits per heavy atom. The molecule has 5 nitrogen and oxygen atoms in total. The third-order valence-corrected chi connectivity index (χ3v) is 6.06. The Balaban J connectivity index is 1.86. The van der Waals surface area contributed by atoms with Gasteiger partial charge in [-0.15, -0.1) is 0 Å². The van der Waals surface area contributed by atoms with Crippen LogP contribution in [0.15, 0.2) is 17.0 Å². The van der Waals surface area contributed by atoms with Crippen molar-refractivity contribution >= 4 is 15.7 Å². The Bertz CT molecular complexity index is 1010. The van der Waals surface area contributed by atoms with Gasteiger partial charge in [0.2, 0.25) is 21.7 Å². The van der Waals surface area contributed by atoms with Crippen LogP contribution in [0, 0.1) is 41.0 Å². The number of hydrogen-bond donors (Lipinski definition) is 0. The minimum absolute atomic E-state index is 0.415. The minimum atomic E-state index is -4.60. The van der Waals surface area contributed by atoms with E-state index in [4.69, 9.17) is 0 Å². The molecule has 1 saturated heterocycles. The molecule has 1 aromatic carbocycles. The molecule has 1 fully saturated rings. The van der Waals surface area contributed by atoms with E-state index in [2.05, 4.69) is 4.98 Å². The van der Waals surface area contributed by atoms with Crippen LogP contribution in [0.5, 0.6) is 0 Å².